The molecule has 0 atom stereocenters. The highest BCUT2D eigenvalue weighted by Gasteiger charge is 2.14. The van der Waals surface area contributed by atoms with Crippen LogP contribution in [0.3, 0.4) is 0 Å². The van der Waals surface area contributed by atoms with Gasteiger partial charge in [-0.2, -0.15) is 5.48 Å². The summed E-state index contributed by atoms with van der Waals surface area (Å²) in [6.07, 6.45) is 0. The van der Waals surface area contributed by atoms with Gasteiger partial charge in [0.2, 0.25) is 0 Å². The maximum absolute atomic E-state index is 10.6. The van der Waals surface area contributed by atoms with Crippen molar-refractivity contribution in [2.24, 2.45) is 0 Å². The largest absolute Gasteiger partial charge is 0.302 e. The van der Waals surface area contributed by atoms with Gasteiger partial charge in [-0.05, 0) is 28.4 Å². The molecule has 0 radical (unpaired) electrons. The molecule has 1 rings (SSSR count). The van der Waals surface area contributed by atoms with Crippen LogP contribution in [0.1, 0.15) is 12.5 Å². The van der Waals surface area contributed by atoms with Crippen molar-refractivity contribution in [1.29, 1.82) is 0 Å². The first-order valence-electron chi connectivity index (χ1n) is 4.43. The molecule has 15 heavy (non-hydrogen) atoms. The fraction of sp³-hybridized carbons (Fsp3) is 0.333. The van der Waals surface area contributed by atoms with Crippen molar-refractivity contribution in [2.75, 3.05) is 6.61 Å². The fourth-order valence-electron chi connectivity index (χ4n) is 1.07. The van der Waals surface area contributed by atoms with Gasteiger partial charge in [0.25, 0.3) is 5.69 Å². The molecule has 82 valence electrons. The molecule has 1 N–H and O–H groups in total. The summed E-state index contributed by atoms with van der Waals surface area (Å²) in [4.78, 5) is 15.2. The first kappa shape index (κ1) is 12.1. The van der Waals surface area contributed by atoms with Gasteiger partial charge in [0.15, 0.2) is 0 Å². The standard InChI is InChI=1S/C9H11BrN2O3/c1-2-15-11-6-7-4-3-5-8(9(7)10)12(13)14/h3-5,11H,2,6H2,1H3. The highest BCUT2D eigenvalue weighted by Crippen LogP contribution is 2.27. The quantitative estimate of drug-likeness (QED) is 0.509. The van der Waals surface area contributed by atoms with Gasteiger partial charge in [-0.3, -0.25) is 10.1 Å². The van der Waals surface area contributed by atoms with Crippen molar-refractivity contribution in [3.8, 4) is 0 Å². The smallest absolute Gasteiger partial charge is 0.283 e. The number of nitro benzene ring substituents is 1. The molecule has 1 aromatic carbocycles. The van der Waals surface area contributed by atoms with E-state index in [1.807, 2.05) is 6.92 Å². The van der Waals surface area contributed by atoms with E-state index in [2.05, 4.69) is 21.4 Å². The summed E-state index contributed by atoms with van der Waals surface area (Å²) in [5.41, 5.74) is 3.56. The second kappa shape index (κ2) is 5.79. The molecule has 5 nitrogen and oxygen atoms in total. The Hall–Kier alpha value is -0.980. The molecule has 0 fully saturated rings. The van der Waals surface area contributed by atoms with Crippen molar-refractivity contribution >= 4 is 21.6 Å². The van der Waals surface area contributed by atoms with Crippen LogP contribution < -0.4 is 5.48 Å². The summed E-state index contributed by atoms with van der Waals surface area (Å²) in [5.74, 6) is 0. The van der Waals surface area contributed by atoms with E-state index in [4.69, 9.17) is 4.84 Å². The number of benzene rings is 1. The summed E-state index contributed by atoms with van der Waals surface area (Å²) in [6, 6.07) is 4.89. The SMILES string of the molecule is CCONCc1cccc([N+](=O)[O-])c1Br. The molecule has 0 saturated heterocycles. The topological polar surface area (TPSA) is 64.4 Å². The molecule has 0 aromatic heterocycles. The van der Waals surface area contributed by atoms with Gasteiger partial charge >= 0.3 is 0 Å². The Kier molecular flexibility index (Phi) is 4.67. The Morgan fingerprint density at radius 1 is 1.60 bits per heavy atom. The molecule has 1 aromatic rings. The summed E-state index contributed by atoms with van der Waals surface area (Å²) in [5, 5.41) is 10.6. The number of hydrogen-bond donors (Lipinski definition) is 1. The molecule has 0 aliphatic rings. The van der Waals surface area contributed by atoms with Crippen LogP contribution in [0.15, 0.2) is 22.7 Å². The summed E-state index contributed by atoms with van der Waals surface area (Å²) in [7, 11) is 0. The summed E-state index contributed by atoms with van der Waals surface area (Å²) in [6.45, 7) is 2.83. The minimum atomic E-state index is -0.422. The predicted molar refractivity (Wildman–Crippen MR) is 59.3 cm³/mol. The van der Waals surface area contributed by atoms with Crippen molar-refractivity contribution in [3.63, 3.8) is 0 Å². The van der Waals surface area contributed by atoms with Crippen molar-refractivity contribution in [1.82, 2.24) is 5.48 Å². The molecule has 0 saturated carbocycles. The van der Waals surface area contributed by atoms with E-state index in [0.717, 1.165) is 5.56 Å². The lowest BCUT2D eigenvalue weighted by molar-refractivity contribution is -0.385. The molecular formula is C9H11BrN2O3. The highest BCUT2D eigenvalue weighted by molar-refractivity contribution is 9.10. The van der Waals surface area contributed by atoms with Gasteiger partial charge in [0, 0.05) is 12.6 Å². The summed E-state index contributed by atoms with van der Waals surface area (Å²) >= 11 is 3.20. The first-order valence-corrected chi connectivity index (χ1v) is 5.22. The first-order chi connectivity index (χ1) is 7.16. The Morgan fingerprint density at radius 2 is 2.33 bits per heavy atom. The van der Waals surface area contributed by atoms with Crippen molar-refractivity contribution < 1.29 is 9.76 Å². The van der Waals surface area contributed by atoms with Crippen molar-refractivity contribution in [3.05, 3.63) is 38.3 Å². The predicted octanol–water partition coefficient (Wildman–Crippen LogP) is 2.40. The third-order valence-electron chi connectivity index (χ3n) is 1.76. The number of nitrogens with zero attached hydrogens (tertiary/aromatic N) is 1. The number of hydroxylamine groups is 1. The van der Waals surface area contributed by atoms with Crippen LogP contribution in [0, 0.1) is 10.1 Å². The van der Waals surface area contributed by atoms with Crippen LogP contribution >= 0.6 is 15.9 Å². The van der Waals surface area contributed by atoms with Gasteiger partial charge in [0.1, 0.15) is 0 Å². The molecule has 6 heteroatoms. The van der Waals surface area contributed by atoms with E-state index < -0.39 is 4.92 Å². The lowest BCUT2D eigenvalue weighted by atomic mass is 10.2. The van der Waals surface area contributed by atoms with Gasteiger partial charge in [0.05, 0.1) is 16.0 Å². The fourth-order valence-corrected chi connectivity index (χ4v) is 1.62. The zero-order valence-electron chi connectivity index (χ0n) is 8.20. The van der Waals surface area contributed by atoms with E-state index >= 15 is 0 Å². The van der Waals surface area contributed by atoms with Crippen LogP contribution in [0.5, 0.6) is 0 Å². The van der Waals surface area contributed by atoms with Gasteiger partial charge in [-0.25, -0.2) is 0 Å². The minimum Gasteiger partial charge on any atom is -0.302 e. The van der Waals surface area contributed by atoms with E-state index in [9.17, 15) is 10.1 Å². The Morgan fingerprint density at radius 3 is 2.93 bits per heavy atom. The van der Waals surface area contributed by atoms with E-state index in [-0.39, 0.29) is 5.69 Å². The Labute approximate surface area is 95.7 Å². The lowest BCUT2D eigenvalue weighted by Crippen LogP contribution is -2.14. The second-order valence-corrected chi connectivity index (χ2v) is 3.55. The Bertz CT molecular complexity index is 357. The lowest BCUT2D eigenvalue weighted by Gasteiger charge is -2.05. The minimum absolute atomic E-state index is 0.0609. The average Bonchev–Trinajstić information content (AvgIpc) is 2.20. The van der Waals surface area contributed by atoms with E-state index in [1.165, 1.54) is 6.07 Å². The third-order valence-corrected chi connectivity index (χ3v) is 2.68. The molecule has 0 unspecified atom stereocenters. The second-order valence-electron chi connectivity index (χ2n) is 2.76. The van der Waals surface area contributed by atoms with Crippen LogP contribution in [0.4, 0.5) is 5.69 Å². The molecule has 0 amide bonds. The highest BCUT2D eigenvalue weighted by atomic mass is 79.9. The molecule has 0 heterocycles. The van der Waals surface area contributed by atoms with E-state index in [0.29, 0.717) is 17.6 Å². The number of hydrogen-bond acceptors (Lipinski definition) is 4. The Balaban J connectivity index is 2.80. The maximum atomic E-state index is 10.6. The number of halogens is 1. The third kappa shape index (κ3) is 3.26. The van der Waals surface area contributed by atoms with E-state index in [1.54, 1.807) is 12.1 Å². The monoisotopic (exact) mass is 274 g/mol. The molecule has 0 spiro atoms. The summed E-state index contributed by atoms with van der Waals surface area (Å²) < 4.78 is 0.488. The number of nitro groups is 1. The molecule has 0 aliphatic carbocycles. The normalized spacial score (nSPS) is 10.3. The maximum Gasteiger partial charge on any atom is 0.283 e. The van der Waals surface area contributed by atoms with Crippen molar-refractivity contribution in [2.45, 2.75) is 13.5 Å². The number of nitrogens with one attached hydrogen (secondary N) is 1. The van der Waals surface area contributed by atoms with Gasteiger partial charge in [-0.15, -0.1) is 0 Å². The zero-order chi connectivity index (χ0) is 11.3. The van der Waals surface area contributed by atoms with Crippen LogP contribution in [-0.2, 0) is 11.4 Å². The van der Waals surface area contributed by atoms with Gasteiger partial charge in [-0.1, -0.05) is 12.1 Å². The molecule has 0 bridgehead atoms. The molecule has 0 aliphatic heterocycles. The number of rotatable bonds is 5. The van der Waals surface area contributed by atoms with Gasteiger partial charge < -0.3 is 4.84 Å². The molecular weight excluding hydrogens is 264 g/mol. The van der Waals surface area contributed by atoms with Crippen LogP contribution in [-0.4, -0.2) is 11.5 Å². The van der Waals surface area contributed by atoms with Crippen LogP contribution in [0.25, 0.3) is 0 Å². The van der Waals surface area contributed by atoms with Crippen LogP contribution in [0.2, 0.25) is 0 Å². The zero-order valence-corrected chi connectivity index (χ0v) is 9.78. The average molecular weight is 275 g/mol.